The van der Waals surface area contributed by atoms with Crippen LogP contribution in [-0.2, 0) is 4.79 Å². The smallest absolute Gasteiger partial charge is 0.234 e. The normalized spacial score (nSPS) is 18.3. The van der Waals surface area contributed by atoms with Gasteiger partial charge in [0.2, 0.25) is 5.91 Å². The molecule has 3 rings (SSSR count). The van der Waals surface area contributed by atoms with Gasteiger partial charge < -0.3 is 15.5 Å². The number of hydrogen-bond donors (Lipinski definition) is 2. The molecule has 0 bridgehead atoms. The zero-order valence-electron chi connectivity index (χ0n) is 13.8. The minimum Gasteiger partial charge on any atom is -0.352 e. The van der Waals surface area contributed by atoms with Gasteiger partial charge in [0.25, 0.3) is 0 Å². The number of nitrogens with one attached hydrogen (secondary N) is 2. The maximum atomic E-state index is 11.9. The second-order valence-corrected chi connectivity index (χ2v) is 7.29. The minimum atomic E-state index is 0.140. The first kappa shape index (κ1) is 17.5. The highest BCUT2D eigenvalue weighted by molar-refractivity contribution is 7.80. The molecule has 1 aliphatic carbocycles. The summed E-state index contributed by atoms with van der Waals surface area (Å²) in [6.45, 7) is 5.79. The Labute approximate surface area is 153 Å². The lowest BCUT2D eigenvalue weighted by atomic mass is 10.2. The summed E-state index contributed by atoms with van der Waals surface area (Å²) in [6.07, 6.45) is 2.25. The molecule has 1 aliphatic heterocycles. The number of anilines is 1. The lowest BCUT2D eigenvalue weighted by Gasteiger charge is -2.35. The molecule has 0 atom stereocenters. The average molecular weight is 367 g/mol. The highest BCUT2D eigenvalue weighted by Crippen LogP contribution is 2.20. The van der Waals surface area contributed by atoms with E-state index in [0.29, 0.717) is 17.7 Å². The second-order valence-electron chi connectivity index (χ2n) is 6.50. The summed E-state index contributed by atoms with van der Waals surface area (Å²) in [7, 11) is 0. The third-order valence-corrected chi connectivity index (χ3v) is 5.16. The molecule has 0 aromatic heterocycles. The van der Waals surface area contributed by atoms with Crippen LogP contribution >= 0.6 is 23.8 Å². The molecule has 24 heavy (non-hydrogen) atoms. The molecule has 1 aromatic carbocycles. The van der Waals surface area contributed by atoms with Crippen LogP contribution in [0.2, 0.25) is 5.02 Å². The summed E-state index contributed by atoms with van der Waals surface area (Å²) < 4.78 is 0. The number of piperazine rings is 1. The number of carbonyl (C=O) groups is 1. The fraction of sp³-hybridized carbons (Fsp3) is 0.529. The first-order valence-corrected chi connectivity index (χ1v) is 9.13. The van der Waals surface area contributed by atoms with Gasteiger partial charge in [-0.25, -0.2) is 0 Å². The number of thiocarbonyl (C=S) groups is 1. The van der Waals surface area contributed by atoms with Gasteiger partial charge in [-0.05, 0) is 49.7 Å². The van der Waals surface area contributed by atoms with Gasteiger partial charge in [0, 0.05) is 42.9 Å². The molecule has 1 saturated heterocycles. The van der Waals surface area contributed by atoms with E-state index >= 15 is 0 Å². The van der Waals surface area contributed by atoms with Gasteiger partial charge in [-0.3, -0.25) is 9.69 Å². The van der Waals surface area contributed by atoms with Crippen LogP contribution in [0.4, 0.5) is 5.69 Å². The molecule has 0 unspecified atom stereocenters. The van der Waals surface area contributed by atoms with Crippen molar-refractivity contribution in [1.82, 2.24) is 15.1 Å². The van der Waals surface area contributed by atoms with E-state index in [2.05, 4.69) is 20.4 Å². The summed E-state index contributed by atoms with van der Waals surface area (Å²) in [5.41, 5.74) is 1.95. The first-order valence-electron chi connectivity index (χ1n) is 8.35. The van der Waals surface area contributed by atoms with Gasteiger partial charge in [0.05, 0.1) is 6.54 Å². The average Bonchev–Trinajstić information content (AvgIpc) is 3.35. The number of carbonyl (C=O) groups excluding carboxylic acids is 1. The Kier molecular flexibility index (Phi) is 5.58. The van der Waals surface area contributed by atoms with Crippen molar-refractivity contribution >= 4 is 40.5 Å². The molecule has 1 aromatic rings. The Bertz CT molecular complexity index is 627. The Balaban J connectivity index is 1.44. The van der Waals surface area contributed by atoms with Crippen LogP contribution in [0.15, 0.2) is 18.2 Å². The molecule has 5 nitrogen and oxygen atoms in total. The first-order chi connectivity index (χ1) is 11.5. The number of halogens is 1. The molecule has 2 aliphatic rings. The molecule has 7 heteroatoms. The summed E-state index contributed by atoms with van der Waals surface area (Å²) in [5, 5.41) is 7.71. The van der Waals surface area contributed by atoms with Gasteiger partial charge >= 0.3 is 0 Å². The van der Waals surface area contributed by atoms with Crippen LogP contribution in [0.5, 0.6) is 0 Å². The molecule has 0 radical (unpaired) electrons. The standard InChI is InChI=1S/C17H23ClN4OS/c1-12-2-3-14(10-15(12)18)20-17(24)22-8-6-21(7-9-22)11-16(23)19-13-4-5-13/h2-3,10,13H,4-9,11H2,1H3,(H,19,23)(H,20,24). The lowest BCUT2D eigenvalue weighted by Crippen LogP contribution is -2.52. The third-order valence-electron chi connectivity index (χ3n) is 4.39. The number of benzene rings is 1. The van der Waals surface area contributed by atoms with Crippen LogP contribution in [0, 0.1) is 6.92 Å². The van der Waals surface area contributed by atoms with E-state index in [4.69, 9.17) is 23.8 Å². The molecule has 0 spiro atoms. The van der Waals surface area contributed by atoms with Crippen LogP contribution in [0.1, 0.15) is 18.4 Å². The van der Waals surface area contributed by atoms with Crippen molar-refractivity contribution < 1.29 is 4.79 Å². The van der Waals surface area contributed by atoms with Gasteiger partial charge in [-0.2, -0.15) is 0 Å². The van der Waals surface area contributed by atoms with Crippen molar-refractivity contribution in [3.8, 4) is 0 Å². The molecule has 1 saturated carbocycles. The number of hydrogen-bond acceptors (Lipinski definition) is 3. The Hall–Kier alpha value is -1.37. The van der Waals surface area contributed by atoms with E-state index in [-0.39, 0.29) is 5.91 Å². The number of amides is 1. The quantitative estimate of drug-likeness (QED) is 0.800. The van der Waals surface area contributed by atoms with Crippen molar-refractivity contribution in [3.05, 3.63) is 28.8 Å². The van der Waals surface area contributed by atoms with Crippen molar-refractivity contribution in [2.75, 3.05) is 38.0 Å². The zero-order chi connectivity index (χ0) is 17.1. The molecule has 2 N–H and O–H groups in total. The fourth-order valence-corrected chi connectivity index (χ4v) is 3.17. The predicted molar refractivity (Wildman–Crippen MR) is 102 cm³/mol. The van der Waals surface area contributed by atoms with Crippen LogP contribution in [0.25, 0.3) is 0 Å². The number of rotatable bonds is 4. The maximum absolute atomic E-state index is 11.9. The van der Waals surface area contributed by atoms with Crippen LogP contribution in [-0.4, -0.2) is 59.6 Å². The number of aryl methyl sites for hydroxylation is 1. The van der Waals surface area contributed by atoms with Crippen molar-refractivity contribution in [1.29, 1.82) is 0 Å². The summed E-state index contributed by atoms with van der Waals surface area (Å²) >= 11 is 11.6. The Morgan fingerprint density at radius 2 is 2.00 bits per heavy atom. The lowest BCUT2D eigenvalue weighted by molar-refractivity contribution is -0.122. The molecular formula is C17H23ClN4OS. The SMILES string of the molecule is Cc1ccc(NC(=S)N2CCN(CC(=O)NC3CC3)CC2)cc1Cl. The Morgan fingerprint density at radius 3 is 2.62 bits per heavy atom. The van der Waals surface area contributed by atoms with E-state index in [1.165, 1.54) is 0 Å². The van der Waals surface area contributed by atoms with Crippen molar-refractivity contribution in [2.45, 2.75) is 25.8 Å². The highest BCUT2D eigenvalue weighted by Gasteiger charge is 2.25. The van der Waals surface area contributed by atoms with Gasteiger partial charge in [0.1, 0.15) is 0 Å². The molecular weight excluding hydrogens is 344 g/mol. The molecule has 1 amide bonds. The third kappa shape index (κ3) is 4.82. The predicted octanol–water partition coefficient (Wildman–Crippen LogP) is 2.24. The number of nitrogens with zero attached hydrogens (tertiary/aromatic N) is 2. The molecule has 1 heterocycles. The largest absolute Gasteiger partial charge is 0.352 e. The summed E-state index contributed by atoms with van der Waals surface area (Å²) in [6, 6.07) is 6.27. The van der Waals surface area contributed by atoms with E-state index in [1.807, 2.05) is 25.1 Å². The zero-order valence-corrected chi connectivity index (χ0v) is 15.4. The van der Waals surface area contributed by atoms with E-state index in [9.17, 15) is 4.79 Å². The van der Waals surface area contributed by atoms with Gasteiger partial charge in [-0.15, -0.1) is 0 Å². The Morgan fingerprint density at radius 1 is 1.29 bits per heavy atom. The van der Waals surface area contributed by atoms with Gasteiger partial charge in [-0.1, -0.05) is 17.7 Å². The summed E-state index contributed by atoms with van der Waals surface area (Å²) in [4.78, 5) is 16.2. The maximum Gasteiger partial charge on any atom is 0.234 e. The highest BCUT2D eigenvalue weighted by atomic mass is 35.5. The van der Waals surface area contributed by atoms with Crippen molar-refractivity contribution in [3.63, 3.8) is 0 Å². The van der Waals surface area contributed by atoms with Crippen molar-refractivity contribution in [2.24, 2.45) is 0 Å². The fourth-order valence-electron chi connectivity index (χ4n) is 2.69. The minimum absolute atomic E-state index is 0.140. The second kappa shape index (κ2) is 7.68. The topological polar surface area (TPSA) is 47.6 Å². The van der Waals surface area contributed by atoms with E-state index < -0.39 is 0 Å². The molecule has 2 fully saturated rings. The van der Waals surface area contributed by atoms with Gasteiger partial charge in [0.15, 0.2) is 5.11 Å². The molecule has 130 valence electrons. The monoisotopic (exact) mass is 366 g/mol. The van der Waals surface area contributed by atoms with Crippen LogP contribution in [0.3, 0.4) is 0 Å². The van der Waals surface area contributed by atoms with Crippen LogP contribution < -0.4 is 10.6 Å². The van der Waals surface area contributed by atoms with E-state index in [1.54, 1.807) is 0 Å². The van der Waals surface area contributed by atoms with E-state index in [0.717, 1.165) is 55.3 Å². The summed E-state index contributed by atoms with van der Waals surface area (Å²) in [5.74, 6) is 0.140.